The summed E-state index contributed by atoms with van der Waals surface area (Å²) in [6, 6.07) is 21.7. The number of anilines is 1. The topological polar surface area (TPSA) is 89.3 Å². The summed E-state index contributed by atoms with van der Waals surface area (Å²) in [4.78, 5) is 32.8. The Balaban J connectivity index is 1.40. The molecule has 40 heavy (non-hydrogen) atoms. The van der Waals surface area contributed by atoms with Gasteiger partial charge in [0.05, 0.1) is 48.1 Å². The van der Waals surface area contributed by atoms with Gasteiger partial charge in [-0.15, -0.1) is 0 Å². The fourth-order valence-corrected chi connectivity index (χ4v) is 5.28. The predicted molar refractivity (Wildman–Crippen MR) is 149 cm³/mol. The van der Waals surface area contributed by atoms with Gasteiger partial charge in [0.2, 0.25) is 5.91 Å². The van der Waals surface area contributed by atoms with Gasteiger partial charge in [-0.1, -0.05) is 19.1 Å². The van der Waals surface area contributed by atoms with Crippen LogP contribution in [0, 0.1) is 11.7 Å². The molecule has 0 aliphatic carbocycles. The molecule has 0 bridgehead atoms. The van der Waals surface area contributed by atoms with Crippen molar-refractivity contribution in [2.75, 3.05) is 12.0 Å². The van der Waals surface area contributed by atoms with Crippen LogP contribution < -0.4 is 15.0 Å². The van der Waals surface area contributed by atoms with Crippen molar-refractivity contribution < 1.29 is 18.7 Å². The first-order valence-electron chi connectivity index (χ1n) is 12.9. The van der Waals surface area contributed by atoms with E-state index in [4.69, 9.17) is 4.74 Å². The van der Waals surface area contributed by atoms with E-state index in [1.165, 1.54) is 18.3 Å². The summed E-state index contributed by atoms with van der Waals surface area (Å²) in [6.07, 6.45) is 4.83. The van der Waals surface area contributed by atoms with Crippen molar-refractivity contribution in [2.45, 2.75) is 19.0 Å². The molecule has 8 nitrogen and oxygen atoms in total. The quantitative estimate of drug-likeness (QED) is 0.327. The van der Waals surface area contributed by atoms with E-state index in [9.17, 15) is 14.0 Å². The maximum atomic E-state index is 13.8. The van der Waals surface area contributed by atoms with Crippen molar-refractivity contribution in [1.82, 2.24) is 20.1 Å². The SMILES string of the molecule is COc1ccc([C@@H]2[C@@H](NC(=O)c3cccnc3)[C@H](C)C(=O)N2c2ccc3c(cnn3-c3ccc(F)cc3)c2)cc1. The van der Waals surface area contributed by atoms with Crippen LogP contribution in [0.15, 0.2) is 97.5 Å². The van der Waals surface area contributed by atoms with Gasteiger partial charge in [-0.3, -0.25) is 14.6 Å². The standard InChI is InChI=1S/C31H26FN5O3/c1-19-28(35-30(38)21-4-3-15-33-17-21)29(20-5-12-26(40-2)13-6-20)36(31(19)39)25-11-14-27-22(16-25)18-34-37(27)24-9-7-23(32)8-10-24/h3-19,28-29H,1-2H3,(H,35,38)/t19-,28-,29+/m0/s1. The molecule has 200 valence electrons. The van der Waals surface area contributed by atoms with E-state index >= 15 is 0 Å². The Kier molecular flexibility index (Phi) is 6.47. The molecule has 6 rings (SSSR count). The van der Waals surface area contributed by atoms with Crippen molar-refractivity contribution in [2.24, 2.45) is 5.92 Å². The highest BCUT2D eigenvalue weighted by atomic mass is 19.1. The van der Waals surface area contributed by atoms with Crippen LogP contribution in [0.1, 0.15) is 28.9 Å². The summed E-state index contributed by atoms with van der Waals surface area (Å²) >= 11 is 0. The van der Waals surface area contributed by atoms with Crippen molar-refractivity contribution in [1.29, 1.82) is 0 Å². The minimum absolute atomic E-state index is 0.109. The molecule has 9 heteroatoms. The summed E-state index contributed by atoms with van der Waals surface area (Å²) < 4.78 is 20.5. The molecule has 3 aromatic carbocycles. The summed E-state index contributed by atoms with van der Waals surface area (Å²) in [5.41, 5.74) is 3.50. The number of halogens is 1. The van der Waals surface area contributed by atoms with Crippen LogP contribution in [0.2, 0.25) is 0 Å². The Morgan fingerprint density at radius 1 is 0.975 bits per heavy atom. The number of methoxy groups -OCH3 is 1. The second kappa shape index (κ2) is 10.3. The molecule has 1 aliphatic heterocycles. The molecular weight excluding hydrogens is 509 g/mol. The Bertz CT molecular complexity index is 1690. The summed E-state index contributed by atoms with van der Waals surface area (Å²) in [5, 5.41) is 8.41. The van der Waals surface area contributed by atoms with Crippen LogP contribution >= 0.6 is 0 Å². The fraction of sp³-hybridized carbons (Fsp3) is 0.161. The number of benzene rings is 3. The molecule has 0 spiro atoms. The molecule has 0 saturated carbocycles. The number of nitrogens with zero attached hydrogens (tertiary/aromatic N) is 4. The third-order valence-electron chi connectivity index (χ3n) is 7.36. The van der Waals surface area contributed by atoms with Crippen LogP contribution in [0.5, 0.6) is 5.75 Å². The minimum atomic E-state index is -0.508. The number of nitrogens with one attached hydrogen (secondary N) is 1. The lowest BCUT2D eigenvalue weighted by molar-refractivity contribution is -0.120. The van der Waals surface area contributed by atoms with Gasteiger partial charge in [0, 0.05) is 23.5 Å². The van der Waals surface area contributed by atoms with E-state index in [1.54, 1.807) is 53.4 Å². The highest BCUT2D eigenvalue weighted by Gasteiger charge is 2.48. The monoisotopic (exact) mass is 535 g/mol. The highest BCUT2D eigenvalue weighted by molar-refractivity contribution is 6.02. The van der Waals surface area contributed by atoms with Gasteiger partial charge < -0.3 is 15.0 Å². The van der Waals surface area contributed by atoms with E-state index in [1.807, 2.05) is 49.4 Å². The molecular formula is C31H26FN5O3. The number of carbonyl (C=O) groups excluding carboxylic acids is 2. The number of aromatic nitrogens is 3. The molecule has 3 atom stereocenters. The van der Waals surface area contributed by atoms with Gasteiger partial charge in [0.1, 0.15) is 11.6 Å². The third kappa shape index (κ3) is 4.45. The minimum Gasteiger partial charge on any atom is -0.497 e. The molecule has 1 N–H and O–H groups in total. The summed E-state index contributed by atoms with van der Waals surface area (Å²) in [7, 11) is 1.60. The van der Waals surface area contributed by atoms with E-state index in [0.29, 0.717) is 17.0 Å². The van der Waals surface area contributed by atoms with Crippen molar-refractivity contribution in [3.63, 3.8) is 0 Å². The van der Waals surface area contributed by atoms with Crippen molar-refractivity contribution in [3.8, 4) is 11.4 Å². The first kappa shape index (κ1) is 25.2. The van der Waals surface area contributed by atoms with Gasteiger partial charge in [-0.2, -0.15) is 5.10 Å². The largest absolute Gasteiger partial charge is 0.497 e. The molecule has 0 radical (unpaired) electrons. The number of rotatable bonds is 6. The molecule has 1 saturated heterocycles. The number of fused-ring (bicyclic) bond motifs is 1. The zero-order valence-electron chi connectivity index (χ0n) is 21.9. The zero-order chi connectivity index (χ0) is 27.8. The van der Waals surface area contributed by atoms with Crippen molar-refractivity contribution >= 4 is 28.4 Å². The lowest BCUT2D eigenvalue weighted by atomic mass is 9.94. The summed E-state index contributed by atoms with van der Waals surface area (Å²) in [5.74, 6) is -0.528. The van der Waals surface area contributed by atoms with Crippen LogP contribution in [0.3, 0.4) is 0 Å². The molecule has 3 heterocycles. The Morgan fingerprint density at radius 2 is 1.73 bits per heavy atom. The van der Waals surface area contributed by atoms with E-state index in [2.05, 4.69) is 15.4 Å². The van der Waals surface area contributed by atoms with E-state index in [0.717, 1.165) is 22.2 Å². The van der Waals surface area contributed by atoms with Crippen LogP contribution in [0.25, 0.3) is 16.6 Å². The Hall–Kier alpha value is -5.05. The predicted octanol–water partition coefficient (Wildman–Crippen LogP) is 5.09. The van der Waals surface area contributed by atoms with Crippen LogP contribution in [-0.2, 0) is 4.79 Å². The Labute approximate surface area is 230 Å². The smallest absolute Gasteiger partial charge is 0.253 e. The van der Waals surface area contributed by atoms with E-state index in [-0.39, 0.29) is 17.6 Å². The number of amides is 2. The van der Waals surface area contributed by atoms with Crippen LogP contribution in [-0.4, -0.2) is 39.7 Å². The number of pyridine rings is 1. The highest BCUT2D eigenvalue weighted by Crippen LogP contribution is 2.41. The average molecular weight is 536 g/mol. The molecule has 2 aromatic heterocycles. The second-order valence-corrected chi connectivity index (χ2v) is 9.73. The molecule has 0 unspecified atom stereocenters. The molecule has 1 aliphatic rings. The van der Waals surface area contributed by atoms with E-state index < -0.39 is 18.0 Å². The van der Waals surface area contributed by atoms with Gasteiger partial charge >= 0.3 is 0 Å². The second-order valence-electron chi connectivity index (χ2n) is 9.73. The van der Waals surface area contributed by atoms with Crippen LogP contribution in [0.4, 0.5) is 10.1 Å². The maximum absolute atomic E-state index is 13.8. The summed E-state index contributed by atoms with van der Waals surface area (Å²) in [6.45, 7) is 1.83. The van der Waals surface area contributed by atoms with Gasteiger partial charge in [0.25, 0.3) is 5.91 Å². The molecule has 5 aromatic rings. The van der Waals surface area contributed by atoms with Gasteiger partial charge in [-0.25, -0.2) is 9.07 Å². The number of ether oxygens (including phenoxy) is 1. The molecule has 2 amide bonds. The fourth-order valence-electron chi connectivity index (χ4n) is 5.28. The lowest BCUT2D eigenvalue weighted by Crippen LogP contribution is -2.42. The first-order valence-corrected chi connectivity index (χ1v) is 12.9. The zero-order valence-corrected chi connectivity index (χ0v) is 21.9. The lowest BCUT2D eigenvalue weighted by Gasteiger charge is -2.29. The normalized spacial score (nSPS) is 18.7. The van der Waals surface area contributed by atoms with Crippen molar-refractivity contribution in [3.05, 3.63) is 114 Å². The van der Waals surface area contributed by atoms with Gasteiger partial charge in [0.15, 0.2) is 0 Å². The first-order chi connectivity index (χ1) is 19.4. The third-order valence-corrected chi connectivity index (χ3v) is 7.36. The average Bonchev–Trinajstić information content (AvgIpc) is 3.52. The number of hydrogen-bond donors (Lipinski definition) is 1. The molecule has 1 fully saturated rings. The maximum Gasteiger partial charge on any atom is 0.253 e. The number of carbonyl (C=O) groups is 2. The van der Waals surface area contributed by atoms with Gasteiger partial charge in [-0.05, 0) is 72.3 Å². The number of hydrogen-bond acceptors (Lipinski definition) is 5. The Morgan fingerprint density at radius 3 is 2.42 bits per heavy atom.